The zero-order valence-electron chi connectivity index (χ0n) is 10.4. The third-order valence-corrected chi connectivity index (χ3v) is 3.60. The second-order valence-corrected chi connectivity index (χ2v) is 5.21. The topological polar surface area (TPSA) is 66.4 Å². The van der Waals surface area contributed by atoms with E-state index in [1.807, 2.05) is 22.6 Å². The summed E-state index contributed by atoms with van der Waals surface area (Å²) in [7, 11) is 0. The van der Waals surface area contributed by atoms with Crippen LogP contribution in [0.5, 0.6) is 0 Å². The van der Waals surface area contributed by atoms with Gasteiger partial charge in [0.25, 0.3) is 5.91 Å². The monoisotopic (exact) mass is 403 g/mol. The van der Waals surface area contributed by atoms with Gasteiger partial charge < -0.3 is 10.4 Å². The summed E-state index contributed by atoms with van der Waals surface area (Å²) in [6.45, 7) is 0. The number of carboxylic acid groups (broad SMARTS) is 1. The number of anilines is 1. The number of carbonyl (C=O) groups is 2. The molecule has 0 spiro atoms. The lowest BCUT2D eigenvalue weighted by molar-refractivity contribution is 0.0697. The quantitative estimate of drug-likeness (QED) is 0.771. The first-order chi connectivity index (χ1) is 9.90. The van der Waals surface area contributed by atoms with Crippen LogP contribution in [-0.4, -0.2) is 17.0 Å². The third-order valence-electron chi connectivity index (χ3n) is 2.66. The molecule has 2 aromatic carbocycles. The molecule has 0 fully saturated rings. The summed E-state index contributed by atoms with van der Waals surface area (Å²) in [4.78, 5) is 23.1. The number of hydrogen-bond acceptors (Lipinski definition) is 2. The van der Waals surface area contributed by atoms with E-state index in [1.54, 1.807) is 18.2 Å². The fourth-order valence-corrected chi connectivity index (χ4v) is 2.29. The van der Waals surface area contributed by atoms with Crippen molar-refractivity contribution in [3.05, 3.63) is 62.7 Å². The van der Waals surface area contributed by atoms with E-state index in [4.69, 9.17) is 5.11 Å². The number of aromatic carboxylic acids is 1. The normalized spacial score (nSPS) is 10.2. The van der Waals surface area contributed by atoms with Crippen molar-refractivity contribution in [2.24, 2.45) is 0 Å². The molecular weight excluding hydrogens is 395 g/mol. The highest BCUT2D eigenvalue weighted by atomic mass is 127. The fourth-order valence-electron chi connectivity index (χ4n) is 1.66. The Kier molecular flexibility index (Phi) is 4.51. The van der Waals surface area contributed by atoms with Crippen LogP contribution in [0.2, 0.25) is 0 Å². The highest BCUT2D eigenvalue weighted by molar-refractivity contribution is 14.1. The molecule has 0 aromatic heterocycles. The van der Waals surface area contributed by atoms with Crippen LogP contribution in [0, 0.1) is 15.2 Å². The standard InChI is InChI=1S/C14H8F2INO3/c15-9-5-8(14(20)21)12(6-10(9)16)18-13(19)7-3-1-2-4-11(7)17/h1-6H,(H,18,19)(H,20,21). The molecule has 108 valence electrons. The molecule has 2 rings (SSSR count). The first-order valence-corrected chi connectivity index (χ1v) is 6.76. The molecule has 0 bridgehead atoms. The average Bonchev–Trinajstić information content (AvgIpc) is 2.42. The minimum atomic E-state index is -1.47. The maximum atomic E-state index is 13.2. The Morgan fingerprint density at radius 3 is 2.29 bits per heavy atom. The van der Waals surface area contributed by atoms with E-state index in [0.717, 1.165) is 0 Å². The molecule has 0 atom stereocenters. The Hall–Kier alpha value is -2.03. The summed E-state index contributed by atoms with van der Waals surface area (Å²) in [5.41, 5.74) is -0.515. The predicted octanol–water partition coefficient (Wildman–Crippen LogP) is 3.52. The van der Waals surface area contributed by atoms with Gasteiger partial charge in [0, 0.05) is 9.64 Å². The van der Waals surface area contributed by atoms with Crippen LogP contribution in [0.25, 0.3) is 0 Å². The van der Waals surface area contributed by atoms with Crippen LogP contribution in [0.1, 0.15) is 20.7 Å². The van der Waals surface area contributed by atoms with Crippen molar-refractivity contribution >= 4 is 40.2 Å². The van der Waals surface area contributed by atoms with Gasteiger partial charge in [-0.1, -0.05) is 12.1 Å². The molecule has 7 heteroatoms. The van der Waals surface area contributed by atoms with Gasteiger partial charge in [0.15, 0.2) is 11.6 Å². The number of amides is 1. The van der Waals surface area contributed by atoms with Crippen molar-refractivity contribution in [1.29, 1.82) is 0 Å². The van der Waals surface area contributed by atoms with Crippen molar-refractivity contribution in [3.63, 3.8) is 0 Å². The second-order valence-electron chi connectivity index (χ2n) is 4.05. The van der Waals surface area contributed by atoms with Crippen molar-refractivity contribution in [2.45, 2.75) is 0 Å². The molecule has 2 aromatic rings. The van der Waals surface area contributed by atoms with Gasteiger partial charge in [-0.25, -0.2) is 13.6 Å². The van der Waals surface area contributed by atoms with Crippen molar-refractivity contribution in [3.8, 4) is 0 Å². The maximum absolute atomic E-state index is 13.2. The van der Waals surface area contributed by atoms with Crippen LogP contribution < -0.4 is 5.32 Å². The van der Waals surface area contributed by atoms with Crippen LogP contribution in [0.15, 0.2) is 36.4 Å². The predicted molar refractivity (Wildman–Crippen MR) is 80.4 cm³/mol. The Labute approximate surface area is 131 Å². The largest absolute Gasteiger partial charge is 0.478 e. The van der Waals surface area contributed by atoms with E-state index >= 15 is 0 Å². The van der Waals surface area contributed by atoms with Gasteiger partial charge in [-0.2, -0.15) is 0 Å². The van der Waals surface area contributed by atoms with E-state index in [1.165, 1.54) is 6.07 Å². The number of halogens is 3. The van der Waals surface area contributed by atoms with Crippen LogP contribution in [-0.2, 0) is 0 Å². The third kappa shape index (κ3) is 3.35. The highest BCUT2D eigenvalue weighted by Crippen LogP contribution is 2.22. The van der Waals surface area contributed by atoms with Gasteiger partial charge in [0.05, 0.1) is 16.8 Å². The molecule has 0 heterocycles. The molecule has 21 heavy (non-hydrogen) atoms. The molecule has 0 radical (unpaired) electrons. The minimum absolute atomic E-state index is 0.300. The van der Waals surface area contributed by atoms with Gasteiger partial charge in [-0.3, -0.25) is 4.79 Å². The van der Waals surface area contributed by atoms with E-state index in [2.05, 4.69) is 5.32 Å². The second kappa shape index (κ2) is 6.17. The summed E-state index contributed by atoms with van der Waals surface area (Å²) in [5.74, 6) is -4.60. The molecule has 0 aliphatic heterocycles. The number of carbonyl (C=O) groups excluding carboxylic acids is 1. The van der Waals surface area contributed by atoms with Crippen LogP contribution >= 0.6 is 22.6 Å². The number of carboxylic acids is 1. The van der Waals surface area contributed by atoms with Crippen molar-refractivity contribution < 1.29 is 23.5 Å². The van der Waals surface area contributed by atoms with E-state index < -0.39 is 29.1 Å². The zero-order valence-corrected chi connectivity index (χ0v) is 12.5. The molecule has 1 amide bonds. The Balaban J connectivity index is 2.40. The number of rotatable bonds is 3. The number of benzene rings is 2. The summed E-state index contributed by atoms with van der Waals surface area (Å²) in [6, 6.07) is 7.78. The maximum Gasteiger partial charge on any atom is 0.337 e. The SMILES string of the molecule is O=C(Nc1cc(F)c(F)cc1C(=O)O)c1ccccc1I. The van der Waals surface area contributed by atoms with E-state index in [-0.39, 0.29) is 5.69 Å². The minimum Gasteiger partial charge on any atom is -0.478 e. The molecule has 2 N–H and O–H groups in total. The Morgan fingerprint density at radius 2 is 1.67 bits per heavy atom. The smallest absolute Gasteiger partial charge is 0.337 e. The van der Waals surface area contributed by atoms with Gasteiger partial charge in [-0.05, 0) is 40.8 Å². The molecule has 0 saturated carbocycles. The van der Waals surface area contributed by atoms with Gasteiger partial charge in [0.1, 0.15) is 0 Å². The molecular formula is C14H8F2INO3. The summed E-state index contributed by atoms with van der Waals surface area (Å²) in [6.07, 6.45) is 0. The van der Waals surface area contributed by atoms with Gasteiger partial charge in [0.2, 0.25) is 0 Å². The Morgan fingerprint density at radius 1 is 1.05 bits per heavy atom. The molecule has 4 nitrogen and oxygen atoms in total. The lowest BCUT2D eigenvalue weighted by Gasteiger charge is -2.10. The van der Waals surface area contributed by atoms with Gasteiger partial charge in [-0.15, -0.1) is 0 Å². The van der Waals surface area contributed by atoms with Crippen LogP contribution in [0.3, 0.4) is 0 Å². The molecule has 0 saturated heterocycles. The van der Waals surface area contributed by atoms with Crippen LogP contribution in [0.4, 0.5) is 14.5 Å². The average molecular weight is 403 g/mol. The first kappa shape index (κ1) is 15.4. The Bertz CT molecular complexity index is 734. The highest BCUT2D eigenvalue weighted by Gasteiger charge is 2.18. The first-order valence-electron chi connectivity index (χ1n) is 5.68. The van der Waals surface area contributed by atoms with Crippen molar-refractivity contribution in [1.82, 2.24) is 0 Å². The lowest BCUT2D eigenvalue weighted by Crippen LogP contribution is -2.16. The summed E-state index contributed by atoms with van der Waals surface area (Å²) in [5, 5.41) is 11.3. The molecule has 0 aliphatic carbocycles. The lowest BCUT2D eigenvalue weighted by atomic mass is 10.1. The summed E-state index contributed by atoms with van der Waals surface area (Å²) < 4.78 is 27.0. The molecule has 0 aliphatic rings. The zero-order chi connectivity index (χ0) is 15.6. The molecule has 0 unspecified atom stereocenters. The van der Waals surface area contributed by atoms with Crippen molar-refractivity contribution in [2.75, 3.05) is 5.32 Å². The van der Waals surface area contributed by atoms with E-state index in [0.29, 0.717) is 21.3 Å². The van der Waals surface area contributed by atoms with E-state index in [9.17, 15) is 18.4 Å². The number of nitrogens with one attached hydrogen (secondary N) is 1. The van der Waals surface area contributed by atoms with Gasteiger partial charge >= 0.3 is 5.97 Å². The number of hydrogen-bond donors (Lipinski definition) is 2. The summed E-state index contributed by atoms with van der Waals surface area (Å²) >= 11 is 1.94. The fraction of sp³-hybridized carbons (Fsp3) is 0.